The van der Waals surface area contributed by atoms with Gasteiger partial charge < -0.3 is 15.7 Å². The maximum atomic E-state index is 10.7. The Morgan fingerprint density at radius 1 is 1.12 bits per heavy atom. The number of hydrogen-bond donors (Lipinski definition) is 3. The monoisotopic (exact) mass is 420 g/mol. The molecule has 0 bridgehead atoms. The topological polar surface area (TPSA) is 117 Å². The van der Waals surface area contributed by atoms with E-state index in [-0.39, 0.29) is 0 Å². The Kier molecular flexibility index (Phi) is 5.67. The van der Waals surface area contributed by atoms with Gasteiger partial charge in [0, 0.05) is 23.4 Å². The highest BCUT2D eigenvalue weighted by molar-refractivity contribution is 5.98. The number of allylic oxidation sites excluding steroid dienone is 1. The zero-order valence-corrected chi connectivity index (χ0v) is 17.6. The van der Waals surface area contributed by atoms with Crippen molar-refractivity contribution >= 4 is 23.5 Å². The van der Waals surface area contributed by atoms with Gasteiger partial charge in [-0.3, -0.25) is 0 Å². The number of fused-ring (bicyclic) bond motifs is 1. The average Bonchev–Trinajstić information content (AvgIpc) is 2.78. The zero-order valence-electron chi connectivity index (χ0n) is 17.6. The summed E-state index contributed by atoms with van der Waals surface area (Å²) in [7, 11) is 0. The van der Waals surface area contributed by atoms with Gasteiger partial charge in [0.25, 0.3) is 0 Å². The molecule has 3 N–H and O–H groups in total. The lowest BCUT2D eigenvalue weighted by atomic mass is 9.90. The number of nitriles is 2. The van der Waals surface area contributed by atoms with Gasteiger partial charge in [-0.05, 0) is 54.3 Å². The van der Waals surface area contributed by atoms with Gasteiger partial charge in [0.2, 0.25) is 5.96 Å². The van der Waals surface area contributed by atoms with E-state index in [4.69, 9.17) is 15.5 Å². The molecule has 1 unspecified atom stereocenters. The molecule has 1 aliphatic heterocycles. The highest BCUT2D eigenvalue weighted by atomic mass is 16.3. The molecule has 0 amide bonds. The minimum atomic E-state index is -0.943. The van der Waals surface area contributed by atoms with Crippen molar-refractivity contribution in [2.24, 2.45) is 4.99 Å². The fourth-order valence-corrected chi connectivity index (χ4v) is 3.83. The number of anilines is 1. The second kappa shape index (κ2) is 8.73. The van der Waals surface area contributed by atoms with E-state index in [0.29, 0.717) is 28.6 Å². The van der Waals surface area contributed by atoms with Crippen molar-refractivity contribution in [3.8, 4) is 23.3 Å². The van der Waals surface area contributed by atoms with E-state index in [1.165, 1.54) is 12.3 Å². The first-order valence-corrected chi connectivity index (χ1v) is 9.97. The largest absolute Gasteiger partial charge is 0.369 e. The Morgan fingerprint density at radius 2 is 1.91 bits per heavy atom. The fourth-order valence-electron chi connectivity index (χ4n) is 3.83. The molecule has 0 spiro atoms. The van der Waals surface area contributed by atoms with Crippen LogP contribution in [0.4, 0.5) is 11.5 Å². The summed E-state index contributed by atoms with van der Waals surface area (Å²) in [4.78, 5) is 8.94. The Hall–Kier alpha value is -4.46. The van der Waals surface area contributed by atoms with Gasteiger partial charge in [0.05, 0.1) is 17.3 Å². The van der Waals surface area contributed by atoms with E-state index in [0.717, 1.165) is 27.8 Å². The summed E-state index contributed by atoms with van der Waals surface area (Å²) < 4.78 is 0. The molecular weight excluding hydrogens is 400 g/mol. The van der Waals surface area contributed by atoms with Crippen LogP contribution in [-0.2, 0) is 0 Å². The van der Waals surface area contributed by atoms with Crippen LogP contribution in [-0.4, -0.2) is 16.1 Å². The molecule has 7 heteroatoms. The molecule has 0 saturated carbocycles. The molecule has 4 rings (SSSR count). The summed E-state index contributed by atoms with van der Waals surface area (Å²) in [5.74, 6) is 0.864. The van der Waals surface area contributed by atoms with Crippen LogP contribution < -0.4 is 10.6 Å². The third-order valence-corrected chi connectivity index (χ3v) is 5.17. The number of guanidine groups is 1. The van der Waals surface area contributed by atoms with E-state index in [1.54, 1.807) is 18.2 Å². The molecule has 2 aromatic carbocycles. The number of hydrogen-bond acceptors (Lipinski definition) is 7. The van der Waals surface area contributed by atoms with Crippen LogP contribution in [0.5, 0.6) is 0 Å². The van der Waals surface area contributed by atoms with Gasteiger partial charge in [-0.1, -0.05) is 30.3 Å². The van der Waals surface area contributed by atoms with Crippen molar-refractivity contribution < 1.29 is 5.11 Å². The smallest absolute Gasteiger partial charge is 0.204 e. The van der Waals surface area contributed by atoms with Crippen LogP contribution in [0.25, 0.3) is 17.2 Å². The molecule has 0 fully saturated rings. The first-order chi connectivity index (χ1) is 15.5. The number of aliphatic hydroxyl groups is 1. The van der Waals surface area contributed by atoms with Crippen LogP contribution in [0.2, 0.25) is 0 Å². The molecule has 2 heterocycles. The molecule has 0 saturated heterocycles. The molecule has 7 nitrogen and oxygen atoms in total. The Morgan fingerprint density at radius 3 is 2.56 bits per heavy atom. The van der Waals surface area contributed by atoms with E-state index in [1.807, 2.05) is 56.3 Å². The Labute approximate surface area is 186 Å². The number of aliphatic imine (C=N–C) groups is 1. The van der Waals surface area contributed by atoms with Crippen molar-refractivity contribution in [2.45, 2.75) is 20.1 Å². The number of aromatic nitrogens is 1. The SMILES string of the molecule is Cc1cc(/C=C/C#N)cc(C)c1-c1cccc2c1N=C(Nc1ccc(C#N)cn1)NC2O. The summed E-state index contributed by atoms with van der Waals surface area (Å²) in [6.07, 6.45) is 3.76. The second-order valence-electron chi connectivity index (χ2n) is 7.41. The summed E-state index contributed by atoms with van der Waals surface area (Å²) in [6.45, 7) is 4.04. The third kappa shape index (κ3) is 4.06. The predicted octanol–water partition coefficient (Wildman–Crippen LogP) is 4.47. The summed E-state index contributed by atoms with van der Waals surface area (Å²) >= 11 is 0. The van der Waals surface area contributed by atoms with Crippen LogP contribution in [0.1, 0.15) is 34.0 Å². The van der Waals surface area contributed by atoms with Crippen LogP contribution in [0.15, 0.2) is 59.7 Å². The van der Waals surface area contributed by atoms with Gasteiger partial charge in [-0.15, -0.1) is 0 Å². The van der Waals surface area contributed by atoms with Crippen molar-refractivity contribution in [2.75, 3.05) is 5.32 Å². The number of nitrogens with zero attached hydrogens (tertiary/aromatic N) is 4. The van der Waals surface area contributed by atoms with Crippen molar-refractivity contribution in [3.05, 3.63) is 82.6 Å². The molecule has 32 heavy (non-hydrogen) atoms. The maximum Gasteiger partial charge on any atom is 0.204 e. The number of aliphatic hydroxyl groups excluding tert-OH is 1. The molecule has 156 valence electrons. The van der Waals surface area contributed by atoms with Gasteiger partial charge in [-0.2, -0.15) is 10.5 Å². The molecule has 1 atom stereocenters. The zero-order chi connectivity index (χ0) is 22.7. The minimum absolute atomic E-state index is 0.360. The van der Waals surface area contributed by atoms with Crippen molar-refractivity contribution in [3.63, 3.8) is 0 Å². The molecule has 0 aliphatic carbocycles. The second-order valence-corrected chi connectivity index (χ2v) is 7.41. The quantitative estimate of drug-likeness (QED) is 0.538. The number of benzene rings is 2. The van der Waals surface area contributed by atoms with E-state index >= 15 is 0 Å². The third-order valence-electron chi connectivity index (χ3n) is 5.17. The van der Waals surface area contributed by atoms with Gasteiger partial charge in [0.15, 0.2) is 6.23 Å². The molecule has 1 aromatic heterocycles. The summed E-state index contributed by atoms with van der Waals surface area (Å²) in [5.41, 5.74) is 6.78. The molecular formula is C25H20N6O. The maximum absolute atomic E-state index is 10.7. The van der Waals surface area contributed by atoms with Crippen LogP contribution in [0, 0.1) is 36.5 Å². The van der Waals surface area contributed by atoms with Crippen molar-refractivity contribution in [1.29, 1.82) is 10.5 Å². The van der Waals surface area contributed by atoms with Crippen molar-refractivity contribution in [1.82, 2.24) is 10.3 Å². The number of aryl methyl sites for hydroxylation is 2. The molecule has 0 radical (unpaired) electrons. The predicted molar refractivity (Wildman–Crippen MR) is 124 cm³/mol. The lowest BCUT2D eigenvalue weighted by molar-refractivity contribution is 0.161. The van der Waals surface area contributed by atoms with Gasteiger partial charge >= 0.3 is 0 Å². The van der Waals surface area contributed by atoms with E-state index in [9.17, 15) is 5.11 Å². The minimum Gasteiger partial charge on any atom is -0.369 e. The Bertz CT molecular complexity index is 1300. The standard InChI is InChI=1S/C25H20N6O/c1-15-11-17(5-4-10-26)12-16(2)22(15)19-6-3-7-20-23(19)30-25(31-24(20)32)29-21-9-8-18(13-27)14-28-21/h3-9,11-12,14,24,32H,1-2H3,(H2,28,29,30,31)/b5-4+. The highest BCUT2D eigenvalue weighted by Gasteiger charge is 2.24. The number of rotatable bonds is 3. The van der Waals surface area contributed by atoms with E-state index < -0.39 is 6.23 Å². The summed E-state index contributed by atoms with van der Waals surface area (Å²) in [5, 5.41) is 34.5. The highest BCUT2D eigenvalue weighted by Crippen LogP contribution is 2.41. The average molecular weight is 420 g/mol. The molecule has 1 aliphatic rings. The fraction of sp³-hybridized carbons (Fsp3) is 0.120. The number of nitrogens with one attached hydrogen (secondary N) is 2. The van der Waals surface area contributed by atoms with Gasteiger partial charge in [-0.25, -0.2) is 9.98 Å². The number of para-hydroxylation sites is 1. The van der Waals surface area contributed by atoms with Crippen LogP contribution >= 0.6 is 0 Å². The Balaban J connectivity index is 1.77. The lowest BCUT2D eigenvalue weighted by Gasteiger charge is -2.26. The first-order valence-electron chi connectivity index (χ1n) is 9.97. The summed E-state index contributed by atoms with van der Waals surface area (Å²) in [6, 6.07) is 17.2. The van der Waals surface area contributed by atoms with Gasteiger partial charge in [0.1, 0.15) is 11.9 Å². The van der Waals surface area contributed by atoms with E-state index in [2.05, 4.69) is 15.6 Å². The lowest BCUT2D eigenvalue weighted by Crippen LogP contribution is -2.36. The normalized spacial score (nSPS) is 14.7. The molecule has 3 aromatic rings. The van der Waals surface area contributed by atoms with Crippen LogP contribution in [0.3, 0.4) is 0 Å². The number of pyridine rings is 1. The first kappa shape index (κ1) is 20.8.